The third kappa shape index (κ3) is 2.89. The first-order valence-corrected chi connectivity index (χ1v) is 6.20. The molecule has 0 amide bonds. The number of benzene rings is 1. The zero-order valence-corrected chi connectivity index (χ0v) is 10.5. The van der Waals surface area contributed by atoms with E-state index in [1.165, 1.54) is 0 Å². The molecule has 0 atom stereocenters. The average molecular weight is 253 g/mol. The number of aromatic nitrogens is 4. The molecule has 0 aliphatic heterocycles. The number of hydrogen-bond donors (Lipinski definition) is 2. The summed E-state index contributed by atoms with van der Waals surface area (Å²) in [6.07, 6.45) is 7.49. The van der Waals surface area contributed by atoms with Crippen molar-refractivity contribution in [2.75, 3.05) is 0 Å². The molecule has 0 saturated heterocycles. The van der Waals surface area contributed by atoms with Crippen molar-refractivity contribution in [2.45, 2.75) is 13.1 Å². The molecule has 5 heteroatoms. The molecule has 0 radical (unpaired) electrons. The van der Waals surface area contributed by atoms with E-state index in [0.717, 1.165) is 30.2 Å². The van der Waals surface area contributed by atoms with Crippen molar-refractivity contribution >= 4 is 0 Å². The van der Waals surface area contributed by atoms with Gasteiger partial charge in [-0.2, -0.15) is 5.10 Å². The van der Waals surface area contributed by atoms with Crippen LogP contribution in [-0.4, -0.2) is 19.7 Å². The van der Waals surface area contributed by atoms with Crippen LogP contribution >= 0.6 is 0 Å². The topological polar surface area (TPSA) is 58.5 Å². The van der Waals surface area contributed by atoms with Gasteiger partial charge in [0.25, 0.3) is 0 Å². The van der Waals surface area contributed by atoms with Gasteiger partial charge < -0.3 is 10.3 Å². The minimum absolute atomic E-state index is 0.726. The van der Waals surface area contributed by atoms with E-state index >= 15 is 0 Å². The molecule has 3 rings (SSSR count). The van der Waals surface area contributed by atoms with E-state index in [1.54, 1.807) is 6.20 Å². The summed E-state index contributed by atoms with van der Waals surface area (Å²) in [6, 6.07) is 10.1. The Labute approximate surface area is 111 Å². The lowest BCUT2D eigenvalue weighted by molar-refractivity contribution is 0.668. The summed E-state index contributed by atoms with van der Waals surface area (Å²) in [5, 5.41) is 7.68. The average Bonchev–Trinajstić information content (AvgIpc) is 3.11. The monoisotopic (exact) mass is 253 g/mol. The van der Waals surface area contributed by atoms with Gasteiger partial charge in [0.1, 0.15) is 5.82 Å². The van der Waals surface area contributed by atoms with Crippen LogP contribution in [-0.2, 0) is 13.1 Å². The molecular weight excluding hydrogens is 238 g/mol. The molecule has 1 aromatic carbocycles. The first-order valence-electron chi connectivity index (χ1n) is 6.20. The molecule has 2 heterocycles. The molecule has 2 aromatic heterocycles. The van der Waals surface area contributed by atoms with Crippen molar-refractivity contribution in [3.05, 3.63) is 66.5 Å². The van der Waals surface area contributed by atoms with Gasteiger partial charge in [-0.15, -0.1) is 0 Å². The first kappa shape index (κ1) is 11.7. The fourth-order valence-corrected chi connectivity index (χ4v) is 1.89. The molecule has 2 N–H and O–H groups in total. The lowest BCUT2D eigenvalue weighted by Gasteiger charge is -2.00. The maximum absolute atomic E-state index is 4.36. The smallest absolute Gasteiger partial charge is 0.120 e. The highest BCUT2D eigenvalue weighted by Gasteiger charge is 2.00. The summed E-state index contributed by atoms with van der Waals surface area (Å²) in [6.45, 7) is 1.50. The second-order valence-corrected chi connectivity index (χ2v) is 4.27. The normalized spacial score (nSPS) is 10.7. The Morgan fingerprint density at radius 2 is 2.05 bits per heavy atom. The first-order chi connectivity index (χ1) is 9.42. The standard InChI is InChI=1S/C14H15N5/c1-2-4-13(5-3-1)19-11-12(9-18-19)8-15-10-14-16-6-7-17-14/h1-7,9,11,15H,8,10H2,(H,16,17). The van der Waals surface area contributed by atoms with Gasteiger partial charge in [-0.05, 0) is 12.1 Å². The Balaban J connectivity index is 1.59. The highest BCUT2D eigenvalue weighted by atomic mass is 15.3. The van der Waals surface area contributed by atoms with E-state index in [0.29, 0.717) is 0 Å². The summed E-state index contributed by atoms with van der Waals surface area (Å²) in [4.78, 5) is 7.22. The van der Waals surface area contributed by atoms with Crippen LogP contribution in [0.2, 0.25) is 0 Å². The van der Waals surface area contributed by atoms with Crippen LogP contribution in [0.4, 0.5) is 0 Å². The van der Waals surface area contributed by atoms with Crippen LogP contribution in [0.1, 0.15) is 11.4 Å². The molecule has 96 valence electrons. The lowest BCUT2D eigenvalue weighted by Crippen LogP contribution is -2.13. The molecule has 0 saturated carbocycles. The van der Waals surface area contributed by atoms with Gasteiger partial charge in [-0.25, -0.2) is 9.67 Å². The number of aromatic amines is 1. The minimum atomic E-state index is 0.726. The Morgan fingerprint density at radius 3 is 2.84 bits per heavy atom. The number of rotatable bonds is 5. The zero-order chi connectivity index (χ0) is 12.9. The van der Waals surface area contributed by atoms with Gasteiger partial charge in [-0.1, -0.05) is 18.2 Å². The van der Waals surface area contributed by atoms with Crippen molar-refractivity contribution in [3.63, 3.8) is 0 Å². The van der Waals surface area contributed by atoms with Gasteiger partial charge in [0, 0.05) is 30.7 Å². The molecule has 0 unspecified atom stereocenters. The van der Waals surface area contributed by atoms with Crippen LogP contribution < -0.4 is 5.32 Å². The van der Waals surface area contributed by atoms with Crippen molar-refractivity contribution < 1.29 is 0 Å². The third-order valence-corrected chi connectivity index (χ3v) is 2.83. The fourth-order valence-electron chi connectivity index (χ4n) is 1.89. The molecule has 3 aromatic rings. The predicted molar refractivity (Wildman–Crippen MR) is 72.7 cm³/mol. The molecule has 0 aliphatic carbocycles. The second-order valence-electron chi connectivity index (χ2n) is 4.27. The molecule has 0 aliphatic rings. The van der Waals surface area contributed by atoms with Gasteiger partial charge in [0.2, 0.25) is 0 Å². The van der Waals surface area contributed by atoms with Crippen LogP contribution in [0.15, 0.2) is 55.1 Å². The maximum atomic E-state index is 4.36. The number of nitrogens with one attached hydrogen (secondary N) is 2. The number of imidazole rings is 1. The molecule has 0 fully saturated rings. The van der Waals surface area contributed by atoms with Gasteiger partial charge in [-0.3, -0.25) is 0 Å². The quantitative estimate of drug-likeness (QED) is 0.730. The number of hydrogen-bond acceptors (Lipinski definition) is 3. The highest BCUT2D eigenvalue weighted by Crippen LogP contribution is 2.07. The Hall–Kier alpha value is -2.40. The van der Waals surface area contributed by atoms with E-state index in [9.17, 15) is 0 Å². The largest absolute Gasteiger partial charge is 0.348 e. The summed E-state index contributed by atoms with van der Waals surface area (Å²) < 4.78 is 1.88. The summed E-state index contributed by atoms with van der Waals surface area (Å²) in [7, 11) is 0. The van der Waals surface area contributed by atoms with Gasteiger partial charge in [0.05, 0.1) is 18.4 Å². The van der Waals surface area contributed by atoms with Crippen molar-refractivity contribution in [1.29, 1.82) is 0 Å². The maximum Gasteiger partial charge on any atom is 0.120 e. The van der Waals surface area contributed by atoms with Gasteiger partial charge >= 0.3 is 0 Å². The molecular formula is C14H15N5. The molecule has 0 bridgehead atoms. The zero-order valence-electron chi connectivity index (χ0n) is 10.5. The number of H-pyrrole nitrogens is 1. The van der Waals surface area contributed by atoms with Crippen LogP contribution in [0, 0.1) is 0 Å². The highest BCUT2D eigenvalue weighted by molar-refractivity contribution is 5.30. The SMILES string of the molecule is c1ccc(-n2cc(CNCc3ncc[nH]3)cn2)cc1. The number of para-hydroxylation sites is 1. The van der Waals surface area contributed by atoms with Crippen molar-refractivity contribution in [2.24, 2.45) is 0 Å². The molecule has 19 heavy (non-hydrogen) atoms. The predicted octanol–water partition coefficient (Wildman–Crippen LogP) is 1.89. The minimum Gasteiger partial charge on any atom is -0.348 e. The summed E-state index contributed by atoms with van der Waals surface area (Å²) in [5.74, 6) is 0.940. The van der Waals surface area contributed by atoms with E-state index < -0.39 is 0 Å². The van der Waals surface area contributed by atoms with Gasteiger partial charge in [0.15, 0.2) is 0 Å². The Kier molecular flexibility index (Phi) is 3.38. The van der Waals surface area contributed by atoms with E-state index in [1.807, 2.05) is 53.6 Å². The van der Waals surface area contributed by atoms with Crippen molar-refractivity contribution in [1.82, 2.24) is 25.1 Å². The Bertz CT molecular complexity index is 612. The summed E-state index contributed by atoms with van der Waals surface area (Å²) >= 11 is 0. The van der Waals surface area contributed by atoms with Crippen LogP contribution in [0.25, 0.3) is 5.69 Å². The molecule has 5 nitrogen and oxygen atoms in total. The van der Waals surface area contributed by atoms with E-state index in [-0.39, 0.29) is 0 Å². The second kappa shape index (κ2) is 5.49. The summed E-state index contributed by atoms with van der Waals surface area (Å²) in [5.41, 5.74) is 2.22. The van der Waals surface area contributed by atoms with Crippen molar-refractivity contribution in [3.8, 4) is 5.69 Å². The van der Waals surface area contributed by atoms with Crippen LogP contribution in [0.3, 0.4) is 0 Å². The third-order valence-electron chi connectivity index (χ3n) is 2.83. The van der Waals surface area contributed by atoms with Crippen LogP contribution in [0.5, 0.6) is 0 Å². The van der Waals surface area contributed by atoms with E-state index in [4.69, 9.17) is 0 Å². The molecule has 0 spiro atoms. The lowest BCUT2D eigenvalue weighted by atomic mass is 10.3. The number of nitrogens with zero attached hydrogens (tertiary/aromatic N) is 3. The van der Waals surface area contributed by atoms with E-state index in [2.05, 4.69) is 20.4 Å². The Morgan fingerprint density at radius 1 is 1.16 bits per heavy atom. The fraction of sp³-hybridized carbons (Fsp3) is 0.143.